The first-order chi connectivity index (χ1) is 10.1. The minimum absolute atomic E-state index is 0.00888. The molecular formula is C16H21N3OS. The lowest BCUT2D eigenvalue weighted by molar-refractivity contribution is -0.119. The van der Waals surface area contributed by atoms with Crippen LogP contribution in [0.2, 0.25) is 0 Å². The highest BCUT2D eigenvalue weighted by Gasteiger charge is 2.31. The fourth-order valence-corrected chi connectivity index (χ4v) is 4.74. The van der Waals surface area contributed by atoms with Gasteiger partial charge in [-0.25, -0.2) is 0 Å². The predicted molar refractivity (Wildman–Crippen MR) is 84.4 cm³/mol. The summed E-state index contributed by atoms with van der Waals surface area (Å²) in [4.78, 5) is 13.7. The van der Waals surface area contributed by atoms with E-state index in [1.165, 1.54) is 10.4 Å². The van der Waals surface area contributed by atoms with E-state index in [1.54, 1.807) is 11.3 Å². The standard InChI is InChI=1S/C16H21N3OS/c1-9-3-4-12-13(8-17)16(21-14(12)7-9)19-15(20)11-5-6-18-10(11)2/h9-11,18H,3-7H2,1-2H3,(H,19,20). The number of fused-ring (bicyclic) bond motifs is 1. The van der Waals surface area contributed by atoms with Crippen LogP contribution in [0.3, 0.4) is 0 Å². The van der Waals surface area contributed by atoms with E-state index in [4.69, 9.17) is 0 Å². The Labute approximate surface area is 129 Å². The van der Waals surface area contributed by atoms with Gasteiger partial charge in [-0.05, 0) is 50.6 Å². The smallest absolute Gasteiger partial charge is 0.229 e. The van der Waals surface area contributed by atoms with Gasteiger partial charge in [0.15, 0.2) is 0 Å². The molecule has 1 aromatic heterocycles. The zero-order valence-electron chi connectivity index (χ0n) is 12.5. The van der Waals surface area contributed by atoms with E-state index in [9.17, 15) is 10.1 Å². The van der Waals surface area contributed by atoms with Gasteiger partial charge in [-0.15, -0.1) is 11.3 Å². The molecule has 1 aromatic rings. The Balaban J connectivity index is 1.83. The van der Waals surface area contributed by atoms with Crippen LogP contribution in [0.25, 0.3) is 0 Å². The summed E-state index contributed by atoms with van der Waals surface area (Å²) in [5.41, 5.74) is 1.88. The predicted octanol–water partition coefficient (Wildman–Crippen LogP) is 2.68. The average Bonchev–Trinajstić information content (AvgIpc) is 3.01. The quantitative estimate of drug-likeness (QED) is 0.883. The normalized spacial score (nSPS) is 28.0. The Kier molecular flexibility index (Phi) is 4.01. The summed E-state index contributed by atoms with van der Waals surface area (Å²) in [7, 11) is 0. The van der Waals surface area contributed by atoms with Gasteiger partial charge in [0, 0.05) is 10.9 Å². The molecule has 0 bridgehead atoms. The van der Waals surface area contributed by atoms with Crippen LogP contribution in [0.15, 0.2) is 0 Å². The Morgan fingerprint density at radius 3 is 2.90 bits per heavy atom. The van der Waals surface area contributed by atoms with Crippen LogP contribution in [-0.2, 0) is 17.6 Å². The van der Waals surface area contributed by atoms with E-state index in [-0.39, 0.29) is 17.9 Å². The van der Waals surface area contributed by atoms with Gasteiger partial charge >= 0.3 is 0 Å². The van der Waals surface area contributed by atoms with Crippen LogP contribution in [-0.4, -0.2) is 18.5 Å². The third kappa shape index (κ3) is 2.70. The van der Waals surface area contributed by atoms with E-state index in [1.807, 2.05) is 6.92 Å². The molecule has 1 amide bonds. The minimum Gasteiger partial charge on any atom is -0.316 e. The molecular weight excluding hydrogens is 282 g/mol. The van der Waals surface area contributed by atoms with Gasteiger partial charge in [-0.2, -0.15) is 5.26 Å². The fourth-order valence-electron chi connectivity index (χ4n) is 3.38. The first-order valence-corrected chi connectivity index (χ1v) is 8.50. The molecule has 1 fully saturated rings. The molecule has 4 nitrogen and oxygen atoms in total. The summed E-state index contributed by atoms with van der Waals surface area (Å²) < 4.78 is 0. The van der Waals surface area contributed by atoms with Gasteiger partial charge in [0.2, 0.25) is 5.91 Å². The second kappa shape index (κ2) is 5.78. The van der Waals surface area contributed by atoms with E-state index < -0.39 is 0 Å². The summed E-state index contributed by atoms with van der Waals surface area (Å²) in [6.45, 7) is 5.19. The molecule has 5 heteroatoms. The highest BCUT2D eigenvalue weighted by Crippen LogP contribution is 2.39. The van der Waals surface area contributed by atoms with Crippen molar-refractivity contribution >= 4 is 22.2 Å². The number of carbonyl (C=O) groups excluding carboxylic acids is 1. The molecule has 1 saturated heterocycles. The van der Waals surface area contributed by atoms with Gasteiger partial charge in [0.1, 0.15) is 11.1 Å². The number of rotatable bonds is 2. The number of nitrogens with zero attached hydrogens (tertiary/aromatic N) is 1. The van der Waals surface area contributed by atoms with Crippen molar-refractivity contribution in [3.05, 3.63) is 16.0 Å². The van der Waals surface area contributed by atoms with Gasteiger partial charge in [-0.3, -0.25) is 4.79 Å². The molecule has 0 spiro atoms. The molecule has 112 valence electrons. The first-order valence-electron chi connectivity index (χ1n) is 7.69. The molecule has 1 aliphatic heterocycles. The highest BCUT2D eigenvalue weighted by molar-refractivity contribution is 7.16. The Morgan fingerprint density at radius 1 is 1.43 bits per heavy atom. The number of thiophene rings is 1. The largest absolute Gasteiger partial charge is 0.316 e. The highest BCUT2D eigenvalue weighted by atomic mass is 32.1. The number of nitrogens with one attached hydrogen (secondary N) is 2. The van der Waals surface area contributed by atoms with Crippen molar-refractivity contribution in [2.75, 3.05) is 11.9 Å². The van der Waals surface area contributed by atoms with E-state index in [0.717, 1.165) is 37.2 Å². The number of carbonyl (C=O) groups is 1. The third-order valence-corrected chi connectivity index (χ3v) is 5.89. The molecule has 0 radical (unpaired) electrons. The van der Waals surface area contributed by atoms with Gasteiger partial charge < -0.3 is 10.6 Å². The molecule has 0 saturated carbocycles. The van der Waals surface area contributed by atoms with E-state index in [2.05, 4.69) is 23.6 Å². The van der Waals surface area contributed by atoms with Crippen LogP contribution >= 0.6 is 11.3 Å². The second-order valence-electron chi connectivity index (χ2n) is 6.29. The molecule has 3 atom stereocenters. The van der Waals surface area contributed by atoms with Crippen molar-refractivity contribution < 1.29 is 4.79 Å². The maximum atomic E-state index is 12.4. The lowest BCUT2D eigenvalue weighted by atomic mass is 9.88. The fraction of sp³-hybridized carbons (Fsp3) is 0.625. The molecule has 2 aliphatic rings. The van der Waals surface area contributed by atoms with Crippen molar-refractivity contribution in [1.29, 1.82) is 5.26 Å². The van der Waals surface area contributed by atoms with E-state index in [0.29, 0.717) is 11.5 Å². The average molecular weight is 303 g/mol. The number of hydrogen-bond acceptors (Lipinski definition) is 4. The molecule has 1 aliphatic carbocycles. The first kappa shape index (κ1) is 14.6. The lowest BCUT2D eigenvalue weighted by Crippen LogP contribution is -2.32. The van der Waals surface area contributed by atoms with Crippen LogP contribution in [0.5, 0.6) is 0 Å². The van der Waals surface area contributed by atoms with Gasteiger partial charge in [0.05, 0.1) is 11.5 Å². The molecule has 2 heterocycles. The zero-order chi connectivity index (χ0) is 15.0. The number of amides is 1. The number of anilines is 1. The minimum atomic E-state index is 0.00888. The van der Waals surface area contributed by atoms with Crippen LogP contribution in [0.4, 0.5) is 5.00 Å². The van der Waals surface area contributed by atoms with Crippen molar-refractivity contribution in [3.63, 3.8) is 0 Å². The van der Waals surface area contributed by atoms with Gasteiger partial charge in [0.25, 0.3) is 0 Å². The molecule has 2 N–H and O–H groups in total. The molecule has 0 aromatic carbocycles. The summed E-state index contributed by atoms with van der Waals surface area (Å²) in [5.74, 6) is 0.732. The molecule has 3 rings (SSSR count). The summed E-state index contributed by atoms with van der Waals surface area (Å²) >= 11 is 1.60. The Morgan fingerprint density at radius 2 is 2.24 bits per heavy atom. The van der Waals surface area contributed by atoms with Gasteiger partial charge in [-0.1, -0.05) is 6.92 Å². The summed E-state index contributed by atoms with van der Waals surface area (Å²) in [6.07, 6.45) is 4.01. The Hall–Kier alpha value is -1.38. The van der Waals surface area contributed by atoms with Crippen molar-refractivity contribution in [2.45, 2.75) is 45.6 Å². The van der Waals surface area contributed by atoms with Crippen LogP contribution in [0, 0.1) is 23.2 Å². The third-order valence-electron chi connectivity index (χ3n) is 4.72. The summed E-state index contributed by atoms with van der Waals surface area (Å²) in [6, 6.07) is 2.52. The SMILES string of the molecule is CC1CCc2c(sc(NC(=O)C3CCNC3C)c2C#N)C1. The zero-order valence-corrected chi connectivity index (χ0v) is 13.3. The van der Waals surface area contributed by atoms with Crippen molar-refractivity contribution in [1.82, 2.24) is 5.32 Å². The topological polar surface area (TPSA) is 64.9 Å². The number of nitriles is 1. The van der Waals surface area contributed by atoms with E-state index >= 15 is 0 Å². The summed E-state index contributed by atoms with van der Waals surface area (Å²) in [5, 5.41) is 16.5. The molecule has 3 unspecified atom stereocenters. The second-order valence-corrected chi connectivity index (χ2v) is 7.40. The lowest BCUT2D eigenvalue weighted by Gasteiger charge is -2.17. The van der Waals surface area contributed by atoms with Crippen LogP contribution < -0.4 is 10.6 Å². The maximum Gasteiger partial charge on any atom is 0.229 e. The van der Waals surface area contributed by atoms with Crippen LogP contribution in [0.1, 0.15) is 42.7 Å². The van der Waals surface area contributed by atoms with Crippen molar-refractivity contribution in [3.8, 4) is 6.07 Å². The monoisotopic (exact) mass is 303 g/mol. The van der Waals surface area contributed by atoms with Crippen molar-refractivity contribution in [2.24, 2.45) is 11.8 Å². The Bertz CT molecular complexity index is 601. The molecule has 21 heavy (non-hydrogen) atoms. The number of hydrogen-bond donors (Lipinski definition) is 2. The maximum absolute atomic E-state index is 12.4.